The highest BCUT2D eigenvalue weighted by molar-refractivity contribution is 6.11. The first-order valence-corrected chi connectivity index (χ1v) is 12.4. The van der Waals surface area contributed by atoms with E-state index in [1.807, 2.05) is 42.7 Å². The summed E-state index contributed by atoms with van der Waals surface area (Å²) in [6, 6.07) is 12.1. The Labute approximate surface area is 204 Å². The van der Waals surface area contributed by atoms with E-state index in [0.717, 1.165) is 66.1 Å². The van der Waals surface area contributed by atoms with Crippen LogP contribution in [0, 0.1) is 0 Å². The van der Waals surface area contributed by atoms with Crippen LogP contribution in [-0.2, 0) is 6.54 Å². The molecule has 2 N–H and O–H groups in total. The van der Waals surface area contributed by atoms with Gasteiger partial charge in [-0.2, -0.15) is 5.10 Å². The van der Waals surface area contributed by atoms with Gasteiger partial charge in [0, 0.05) is 36.8 Å². The zero-order valence-electron chi connectivity index (χ0n) is 19.7. The fourth-order valence-corrected chi connectivity index (χ4v) is 4.83. The number of nitrogens with zero attached hydrogens (tertiary/aromatic N) is 5. The number of hydrogen-bond acceptors (Lipinski definition) is 6. The monoisotopic (exact) mass is 467 g/mol. The summed E-state index contributed by atoms with van der Waals surface area (Å²) >= 11 is 0. The molecule has 0 atom stereocenters. The average molecular weight is 468 g/mol. The smallest absolute Gasteiger partial charge is 0.276 e. The zero-order valence-corrected chi connectivity index (χ0v) is 19.7. The van der Waals surface area contributed by atoms with Crippen LogP contribution < -0.4 is 10.2 Å². The summed E-state index contributed by atoms with van der Waals surface area (Å²) in [6.07, 6.45) is 10.5. The molecule has 1 amide bonds. The Morgan fingerprint density at radius 1 is 0.914 bits per heavy atom. The third kappa shape index (κ3) is 4.61. The molecule has 0 spiro atoms. The van der Waals surface area contributed by atoms with Crippen molar-refractivity contribution >= 4 is 28.2 Å². The molecule has 0 unspecified atom stereocenters. The second kappa shape index (κ2) is 9.46. The lowest BCUT2D eigenvalue weighted by molar-refractivity contribution is 0.102. The van der Waals surface area contributed by atoms with Gasteiger partial charge in [0.25, 0.3) is 5.91 Å². The Morgan fingerprint density at radius 2 is 1.80 bits per heavy atom. The minimum atomic E-state index is -0.258. The summed E-state index contributed by atoms with van der Waals surface area (Å²) in [5.41, 5.74) is 6.05. The van der Waals surface area contributed by atoms with E-state index in [0.29, 0.717) is 11.4 Å². The lowest BCUT2D eigenvalue weighted by atomic mass is 10.0. The van der Waals surface area contributed by atoms with E-state index in [2.05, 4.69) is 41.3 Å². The normalized spacial score (nSPS) is 16.3. The van der Waals surface area contributed by atoms with E-state index in [1.165, 1.54) is 25.7 Å². The number of aromatic amines is 1. The predicted molar refractivity (Wildman–Crippen MR) is 137 cm³/mol. The summed E-state index contributed by atoms with van der Waals surface area (Å²) in [5.74, 6) is -0.258. The molecule has 0 radical (unpaired) electrons. The van der Waals surface area contributed by atoms with Gasteiger partial charge in [-0.05, 0) is 74.7 Å². The molecule has 2 fully saturated rings. The fraction of sp³-hybridized carbons (Fsp3) is 0.333. The minimum Gasteiger partial charge on any atom is -0.370 e. The van der Waals surface area contributed by atoms with Crippen LogP contribution in [0.2, 0.25) is 0 Å². The summed E-state index contributed by atoms with van der Waals surface area (Å²) in [7, 11) is 0. The van der Waals surface area contributed by atoms with Gasteiger partial charge in [0.05, 0.1) is 35.0 Å². The first kappa shape index (κ1) is 21.7. The molecule has 6 rings (SSSR count). The Hall–Kier alpha value is -3.78. The van der Waals surface area contributed by atoms with E-state index in [-0.39, 0.29) is 5.91 Å². The van der Waals surface area contributed by atoms with E-state index in [4.69, 9.17) is 0 Å². The first-order chi connectivity index (χ1) is 17.2. The first-order valence-electron chi connectivity index (χ1n) is 12.4. The van der Waals surface area contributed by atoms with Gasteiger partial charge in [-0.15, -0.1) is 0 Å². The highest BCUT2D eigenvalue weighted by atomic mass is 16.1. The number of rotatable bonds is 6. The Balaban J connectivity index is 1.22. The van der Waals surface area contributed by atoms with Crippen LogP contribution in [0.4, 0.5) is 11.4 Å². The van der Waals surface area contributed by atoms with Crippen LogP contribution in [0.5, 0.6) is 0 Å². The molecule has 0 aliphatic carbocycles. The number of hydrogen-bond donors (Lipinski definition) is 2. The highest BCUT2D eigenvalue weighted by Gasteiger charge is 2.18. The quantitative estimate of drug-likeness (QED) is 0.435. The number of amides is 1. The number of H-pyrrole nitrogens is 1. The van der Waals surface area contributed by atoms with Crippen molar-refractivity contribution < 1.29 is 4.79 Å². The van der Waals surface area contributed by atoms with Crippen LogP contribution >= 0.6 is 0 Å². The number of anilines is 2. The highest BCUT2D eigenvalue weighted by Crippen LogP contribution is 2.29. The molecule has 5 heterocycles. The topological polar surface area (TPSA) is 90.0 Å². The molecule has 2 aliphatic heterocycles. The van der Waals surface area contributed by atoms with Crippen molar-refractivity contribution in [2.75, 3.05) is 36.4 Å². The third-order valence-corrected chi connectivity index (χ3v) is 6.97. The SMILES string of the molecule is O=C(Nc1ccc(CN2CCC2)nc1)c1n[nH]c2ccc(-c3cncc(N4CCCCC4)c3)cc12. The number of fused-ring (bicyclic) bond motifs is 1. The van der Waals surface area contributed by atoms with Crippen molar-refractivity contribution in [1.82, 2.24) is 25.1 Å². The van der Waals surface area contributed by atoms with Gasteiger partial charge < -0.3 is 10.2 Å². The number of carbonyl (C=O) groups is 1. The zero-order chi connectivity index (χ0) is 23.6. The molecule has 2 aliphatic rings. The molecule has 8 nitrogen and oxygen atoms in total. The maximum Gasteiger partial charge on any atom is 0.276 e. The van der Waals surface area contributed by atoms with E-state index in [1.54, 1.807) is 6.20 Å². The number of nitrogens with one attached hydrogen (secondary N) is 2. The lowest BCUT2D eigenvalue weighted by Gasteiger charge is -2.30. The molecule has 4 aromatic rings. The van der Waals surface area contributed by atoms with Gasteiger partial charge in [0.2, 0.25) is 0 Å². The molecule has 1 aromatic carbocycles. The molecule has 35 heavy (non-hydrogen) atoms. The van der Waals surface area contributed by atoms with Gasteiger partial charge >= 0.3 is 0 Å². The Morgan fingerprint density at radius 3 is 2.57 bits per heavy atom. The van der Waals surface area contributed by atoms with Crippen molar-refractivity contribution in [1.29, 1.82) is 0 Å². The standard InChI is InChI=1S/C27H29N7O/c35-27(30-21-6-7-22(29-16-21)18-33-9-4-10-33)26-24-14-19(5-8-25(24)31-32-26)20-13-23(17-28-15-20)34-11-2-1-3-12-34/h5-8,13-17H,1-4,9-12,18H2,(H,30,35)(H,31,32). The molecule has 8 heteroatoms. The third-order valence-electron chi connectivity index (χ3n) is 6.97. The van der Waals surface area contributed by atoms with Crippen LogP contribution in [-0.4, -0.2) is 57.2 Å². The van der Waals surface area contributed by atoms with Crippen molar-refractivity contribution in [3.63, 3.8) is 0 Å². The van der Waals surface area contributed by atoms with Gasteiger partial charge in [0.1, 0.15) is 0 Å². The number of piperidine rings is 1. The summed E-state index contributed by atoms with van der Waals surface area (Å²) < 4.78 is 0. The van der Waals surface area contributed by atoms with Crippen molar-refractivity contribution in [3.8, 4) is 11.1 Å². The van der Waals surface area contributed by atoms with Gasteiger partial charge in [-0.25, -0.2) is 0 Å². The summed E-state index contributed by atoms with van der Waals surface area (Å²) in [6.45, 7) is 5.27. The van der Waals surface area contributed by atoms with Crippen molar-refractivity contribution in [2.24, 2.45) is 0 Å². The van der Waals surface area contributed by atoms with E-state index >= 15 is 0 Å². The van der Waals surface area contributed by atoms with Gasteiger partial charge in [-0.3, -0.25) is 24.8 Å². The largest absolute Gasteiger partial charge is 0.370 e. The van der Waals surface area contributed by atoms with Gasteiger partial charge in [-0.1, -0.05) is 6.07 Å². The Bertz CT molecular complexity index is 1340. The minimum absolute atomic E-state index is 0.258. The molecular weight excluding hydrogens is 438 g/mol. The van der Waals surface area contributed by atoms with Crippen LogP contribution in [0.1, 0.15) is 41.9 Å². The lowest BCUT2D eigenvalue weighted by Crippen LogP contribution is -2.36. The van der Waals surface area contributed by atoms with Crippen molar-refractivity contribution in [3.05, 3.63) is 66.4 Å². The summed E-state index contributed by atoms with van der Waals surface area (Å²) in [5, 5.41) is 11.0. The number of pyridine rings is 2. The van der Waals surface area contributed by atoms with Crippen LogP contribution in [0.25, 0.3) is 22.0 Å². The van der Waals surface area contributed by atoms with Crippen LogP contribution in [0.15, 0.2) is 55.0 Å². The molecule has 0 bridgehead atoms. The van der Waals surface area contributed by atoms with Crippen molar-refractivity contribution in [2.45, 2.75) is 32.2 Å². The molecule has 3 aromatic heterocycles. The molecule has 2 saturated heterocycles. The molecule has 178 valence electrons. The molecule has 0 saturated carbocycles. The van der Waals surface area contributed by atoms with E-state index < -0.39 is 0 Å². The maximum atomic E-state index is 13.1. The Kier molecular flexibility index (Phi) is 5.88. The van der Waals surface area contributed by atoms with Gasteiger partial charge in [0.15, 0.2) is 5.69 Å². The summed E-state index contributed by atoms with van der Waals surface area (Å²) in [4.78, 5) is 26.8. The number of aromatic nitrogens is 4. The number of carbonyl (C=O) groups excluding carboxylic acids is 1. The molecular formula is C27H29N7O. The maximum absolute atomic E-state index is 13.1. The van der Waals surface area contributed by atoms with Crippen LogP contribution in [0.3, 0.4) is 0 Å². The number of likely N-dealkylation sites (tertiary alicyclic amines) is 1. The fourth-order valence-electron chi connectivity index (χ4n) is 4.83. The predicted octanol–water partition coefficient (Wildman–Crippen LogP) is 4.47. The number of benzene rings is 1. The second-order valence-electron chi connectivity index (χ2n) is 9.43. The van der Waals surface area contributed by atoms with E-state index in [9.17, 15) is 4.79 Å². The average Bonchev–Trinajstić information content (AvgIpc) is 3.31. The second-order valence-corrected chi connectivity index (χ2v) is 9.43.